The van der Waals surface area contributed by atoms with Gasteiger partial charge in [0, 0.05) is 6.04 Å². The lowest BCUT2D eigenvalue weighted by atomic mass is 10.0. The second-order valence-electron chi connectivity index (χ2n) is 4.92. The van der Waals surface area contributed by atoms with E-state index in [2.05, 4.69) is 5.32 Å². The number of nitrogens with one attached hydrogen (secondary N) is 1. The van der Waals surface area contributed by atoms with E-state index in [1.54, 1.807) is 0 Å². The molecule has 106 valence electrons. The zero-order valence-corrected chi connectivity index (χ0v) is 11.2. The number of carbonyl (C=O) groups excluding carboxylic acids is 1. The van der Waals surface area contributed by atoms with Crippen LogP contribution in [0.3, 0.4) is 0 Å². The van der Waals surface area contributed by atoms with E-state index in [-0.39, 0.29) is 24.3 Å². The Hall–Kier alpha value is -1.49. The molecular formula is C14H20F2N2O. The van der Waals surface area contributed by atoms with Crippen LogP contribution in [0.5, 0.6) is 0 Å². The Morgan fingerprint density at radius 1 is 1.32 bits per heavy atom. The van der Waals surface area contributed by atoms with Crippen LogP contribution in [0.15, 0.2) is 18.2 Å². The summed E-state index contributed by atoms with van der Waals surface area (Å²) in [6.45, 7) is 4.49. The number of halogens is 2. The first-order valence-electron chi connectivity index (χ1n) is 6.37. The molecule has 1 amide bonds. The lowest BCUT2D eigenvalue weighted by Crippen LogP contribution is -2.40. The molecule has 0 aromatic heterocycles. The predicted octanol–water partition coefficient (Wildman–Crippen LogP) is 2.00. The monoisotopic (exact) mass is 270 g/mol. The summed E-state index contributed by atoms with van der Waals surface area (Å²) in [5, 5.41) is 2.86. The molecule has 0 spiro atoms. The minimum atomic E-state index is -0.937. The smallest absolute Gasteiger partial charge is 0.224 e. The van der Waals surface area contributed by atoms with Gasteiger partial charge in [0.25, 0.3) is 0 Å². The number of hydrogen-bond donors (Lipinski definition) is 2. The average Bonchev–Trinajstić information content (AvgIpc) is 2.33. The Morgan fingerprint density at radius 2 is 2.00 bits per heavy atom. The molecule has 0 fully saturated rings. The molecule has 1 aromatic rings. The minimum Gasteiger partial charge on any atom is -0.353 e. The summed E-state index contributed by atoms with van der Waals surface area (Å²) in [5.74, 6) is -1.78. The predicted molar refractivity (Wildman–Crippen MR) is 70.5 cm³/mol. The van der Waals surface area contributed by atoms with Crippen molar-refractivity contribution in [2.24, 2.45) is 11.7 Å². The van der Waals surface area contributed by atoms with Crippen molar-refractivity contribution in [1.29, 1.82) is 0 Å². The topological polar surface area (TPSA) is 55.1 Å². The van der Waals surface area contributed by atoms with Crippen molar-refractivity contribution in [2.75, 3.05) is 6.54 Å². The number of amides is 1. The van der Waals surface area contributed by atoms with Gasteiger partial charge in [-0.15, -0.1) is 0 Å². The van der Waals surface area contributed by atoms with E-state index in [1.165, 1.54) is 6.07 Å². The van der Waals surface area contributed by atoms with Gasteiger partial charge in [-0.3, -0.25) is 4.79 Å². The minimum absolute atomic E-state index is 0.00259. The fraction of sp³-hybridized carbons (Fsp3) is 0.500. The van der Waals surface area contributed by atoms with Crippen molar-refractivity contribution in [1.82, 2.24) is 5.32 Å². The highest BCUT2D eigenvalue weighted by Gasteiger charge is 2.15. The Morgan fingerprint density at radius 3 is 2.53 bits per heavy atom. The second kappa shape index (κ2) is 7.19. The van der Waals surface area contributed by atoms with Crippen molar-refractivity contribution in [2.45, 2.75) is 32.7 Å². The number of nitrogens with two attached hydrogens (primary N) is 1. The van der Waals surface area contributed by atoms with Crippen molar-refractivity contribution in [3.63, 3.8) is 0 Å². The second-order valence-corrected chi connectivity index (χ2v) is 4.92. The molecule has 0 bridgehead atoms. The maximum Gasteiger partial charge on any atom is 0.224 e. The summed E-state index contributed by atoms with van der Waals surface area (Å²) >= 11 is 0. The molecule has 3 N–H and O–H groups in total. The van der Waals surface area contributed by atoms with Crippen LogP contribution >= 0.6 is 0 Å². The van der Waals surface area contributed by atoms with Gasteiger partial charge in [-0.1, -0.05) is 19.9 Å². The fourth-order valence-corrected chi connectivity index (χ4v) is 1.84. The zero-order chi connectivity index (χ0) is 14.4. The van der Waals surface area contributed by atoms with E-state index in [4.69, 9.17) is 5.73 Å². The van der Waals surface area contributed by atoms with Gasteiger partial charge < -0.3 is 11.1 Å². The molecule has 1 unspecified atom stereocenters. The third kappa shape index (κ3) is 4.95. The van der Waals surface area contributed by atoms with Gasteiger partial charge >= 0.3 is 0 Å². The maximum atomic E-state index is 13.0. The van der Waals surface area contributed by atoms with E-state index in [0.29, 0.717) is 18.5 Å². The number of carbonyl (C=O) groups is 1. The zero-order valence-electron chi connectivity index (χ0n) is 11.2. The van der Waals surface area contributed by atoms with Crippen LogP contribution in [0.25, 0.3) is 0 Å². The van der Waals surface area contributed by atoms with Crippen molar-refractivity contribution >= 4 is 5.91 Å². The third-order valence-electron chi connectivity index (χ3n) is 2.98. The maximum absolute atomic E-state index is 13.0. The van der Waals surface area contributed by atoms with E-state index in [0.717, 1.165) is 12.1 Å². The fourth-order valence-electron chi connectivity index (χ4n) is 1.84. The van der Waals surface area contributed by atoms with Crippen molar-refractivity contribution in [3.05, 3.63) is 35.4 Å². The standard InChI is InChI=1S/C14H20F2N2O/c1-9(2)13(5-6-17)18-14(19)8-10-3-4-11(15)12(16)7-10/h3-4,7,9,13H,5-6,8,17H2,1-2H3,(H,18,19). The first kappa shape index (κ1) is 15.6. The molecule has 0 saturated heterocycles. The molecule has 19 heavy (non-hydrogen) atoms. The highest BCUT2D eigenvalue weighted by molar-refractivity contribution is 5.78. The number of rotatable bonds is 6. The van der Waals surface area contributed by atoms with Gasteiger partial charge in [-0.2, -0.15) is 0 Å². The summed E-state index contributed by atoms with van der Waals surface area (Å²) in [6, 6.07) is 3.48. The lowest BCUT2D eigenvalue weighted by molar-refractivity contribution is -0.121. The summed E-state index contributed by atoms with van der Waals surface area (Å²) in [7, 11) is 0. The quantitative estimate of drug-likeness (QED) is 0.830. The molecule has 5 heteroatoms. The van der Waals surface area contributed by atoms with E-state index >= 15 is 0 Å². The van der Waals surface area contributed by atoms with Crippen molar-refractivity contribution in [3.8, 4) is 0 Å². The van der Waals surface area contributed by atoms with Crippen LogP contribution in [-0.4, -0.2) is 18.5 Å². The molecule has 1 aromatic carbocycles. The Balaban J connectivity index is 2.61. The highest BCUT2D eigenvalue weighted by Crippen LogP contribution is 2.10. The summed E-state index contributed by atoms with van der Waals surface area (Å²) in [6.07, 6.45) is 0.728. The molecule has 1 rings (SSSR count). The van der Waals surface area contributed by atoms with E-state index in [1.807, 2.05) is 13.8 Å². The lowest BCUT2D eigenvalue weighted by Gasteiger charge is -2.21. The average molecular weight is 270 g/mol. The van der Waals surface area contributed by atoms with Gasteiger partial charge in [0.2, 0.25) is 5.91 Å². The molecule has 0 radical (unpaired) electrons. The first-order chi connectivity index (χ1) is 8.93. The molecule has 0 heterocycles. The van der Waals surface area contributed by atoms with Crippen LogP contribution in [-0.2, 0) is 11.2 Å². The van der Waals surface area contributed by atoms with Crippen LogP contribution < -0.4 is 11.1 Å². The van der Waals surface area contributed by atoms with Crippen LogP contribution in [0.4, 0.5) is 8.78 Å². The third-order valence-corrected chi connectivity index (χ3v) is 2.98. The largest absolute Gasteiger partial charge is 0.353 e. The molecule has 0 aliphatic rings. The summed E-state index contributed by atoms with van der Waals surface area (Å²) in [4.78, 5) is 11.8. The molecule has 1 atom stereocenters. The van der Waals surface area contributed by atoms with E-state index in [9.17, 15) is 13.6 Å². The van der Waals surface area contributed by atoms with Gasteiger partial charge in [-0.25, -0.2) is 8.78 Å². The van der Waals surface area contributed by atoms with Crippen LogP contribution in [0.2, 0.25) is 0 Å². The van der Waals surface area contributed by atoms with Gasteiger partial charge in [0.15, 0.2) is 11.6 Å². The Kier molecular flexibility index (Phi) is 5.89. The molecule has 0 aliphatic carbocycles. The van der Waals surface area contributed by atoms with Crippen LogP contribution in [0.1, 0.15) is 25.8 Å². The van der Waals surface area contributed by atoms with Gasteiger partial charge in [0.1, 0.15) is 0 Å². The number of hydrogen-bond acceptors (Lipinski definition) is 2. The molecule has 0 saturated carbocycles. The number of benzene rings is 1. The Labute approximate surface area is 112 Å². The van der Waals surface area contributed by atoms with E-state index < -0.39 is 11.6 Å². The normalized spacial score (nSPS) is 12.5. The summed E-state index contributed by atoms with van der Waals surface area (Å²) in [5.41, 5.74) is 5.94. The van der Waals surface area contributed by atoms with Crippen molar-refractivity contribution < 1.29 is 13.6 Å². The summed E-state index contributed by atoms with van der Waals surface area (Å²) < 4.78 is 25.8. The van der Waals surface area contributed by atoms with Crippen LogP contribution in [0, 0.1) is 17.6 Å². The highest BCUT2D eigenvalue weighted by atomic mass is 19.2. The first-order valence-corrected chi connectivity index (χ1v) is 6.37. The van der Waals surface area contributed by atoms with Gasteiger partial charge in [-0.05, 0) is 36.6 Å². The molecule has 3 nitrogen and oxygen atoms in total. The van der Waals surface area contributed by atoms with Gasteiger partial charge in [0.05, 0.1) is 6.42 Å². The molecular weight excluding hydrogens is 250 g/mol. The SMILES string of the molecule is CC(C)C(CCN)NC(=O)Cc1ccc(F)c(F)c1. The molecule has 0 aliphatic heterocycles. The Bertz CT molecular complexity index is 435.